The molecule has 3 aliphatic heterocycles. The van der Waals surface area contributed by atoms with E-state index in [1.807, 2.05) is 4.90 Å². The Morgan fingerprint density at radius 1 is 1.29 bits per heavy atom. The molecule has 3 heterocycles. The summed E-state index contributed by atoms with van der Waals surface area (Å²) in [5.41, 5.74) is 0.924. The highest BCUT2D eigenvalue weighted by molar-refractivity contribution is 8.23. The van der Waals surface area contributed by atoms with E-state index in [0.29, 0.717) is 24.5 Å². The first-order valence-electron chi connectivity index (χ1n) is 12.3. The van der Waals surface area contributed by atoms with Crippen molar-refractivity contribution in [3.8, 4) is 0 Å². The van der Waals surface area contributed by atoms with Crippen molar-refractivity contribution in [1.29, 1.82) is 0 Å². The molecule has 2 N–H and O–H groups in total. The summed E-state index contributed by atoms with van der Waals surface area (Å²) < 4.78 is 21.5. The van der Waals surface area contributed by atoms with Crippen LogP contribution < -0.4 is 20.4 Å². The minimum Gasteiger partial charge on any atom is -0.442 e. The number of hydrogen-bond donors (Lipinski definition) is 2. The number of nitrogens with zero attached hydrogens (tertiary/aromatic N) is 3. The molecule has 11 heteroatoms. The molecule has 192 valence electrons. The molecule has 0 saturated carbocycles. The number of piperazine rings is 1. The number of nitrogens with one attached hydrogen (secondary N) is 2. The van der Waals surface area contributed by atoms with E-state index in [2.05, 4.69) is 15.5 Å². The van der Waals surface area contributed by atoms with E-state index in [-0.39, 0.29) is 25.0 Å². The van der Waals surface area contributed by atoms with Crippen LogP contribution in [-0.2, 0) is 9.53 Å². The zero-order valence-electron chi connectivity index (χ0n) is 20.1. The lowest BCUT2D eigenvalue weighted by molar-refractivity contribution is -0.119. The minimum atomic E-state index is -0.543. The number of benzene rings is 1. The van der Waals surface area contributed by atoms with E-state index in [1.165, 1.54) is 50.2 Å². The molecule has 3 aliphatic rings. The largest absolute Gasteiger partial charge is 0.442 e. The van der Waals surface area contributed by atoms with Crippen LogP contribution in [0.1, 0.15) is 26.2 Å². The molecule has 0 radical (unpaired) electrons. The molecule has 8 nitrogen and oxygen atoms in total. The standard InChI is InChI=1S/C24H34FN5O3S2/c1-17(31)27-14-19-16-30(24(32)33-19)18-5-6-21(20(25)13-18)29-10-7-26-15-22(29)23(34)35-12-11-28-8-3-2-4-9-28/h5-6,13,19,22,26H,2-4,7-12,14-16H2,1H3,(H,27,31)/t19-,22?/m0/s1. The molecule has 0 aromatic heterocycles. The number of carbonyl (C=O) groups excluding carboxylic acids is 2. The Bertz CT molecular complexity index is 930. The Morgan fingerprint density at radius 2 is 2.09 bits per heavy atom. The number of rotatable bonds is 8. The fraction of sp³-hybridized carbons (Fsp3) is 0.625. The van der Waals surface area contributed by atoms with Crippen molar-refractivity contribution >= 4 is 51.6 Å². The number of cyclic esters (lactones) is 1. The minimum absolute atomic E-state index is 0.0794. The van der Waals surface area contributed by atoms with Gasteiger partial charge in [0.2, 0.25) is 5.91 Å². The normalized spacial score (nSPS) is 23.3. The predicted octanol–water partition coefficient (Wildman–Crippen LogP) is 2.61. The van der Waals surface area contributed by atoms with Gasteiger partial charge in [-0.3, -0.25) is 9.69 Å². The molecule has 2 atom stereocenters. The molecule has 3 saturated heterocycles. The second kappa shape index (κ2) is 12.3. The number of halogens is 1. The monoisotopic (exact) mass is 523 g/mol. The van der Waals surface area contributed by atoms with Gasteiger partial charge in [-0.2, -0.15) is 0 Å². The van der Waals surface area contributed by atoms with Gasteiger partial charge < -0.3 is 25.2 Å². The number of ether oxygens (including phenoxy) is 1. The van der Waals surface area contributed by atoms with Crippen molar-refractivity contribution in [2.75, 3.05) is 67.9 Å². The lowest BCUT2D eigenvalue weighted by atomic mass is 10.1. The van der Waals surface area contributed by atoms with E-state index in [1.54, 1.807) is 23.9 Å². The van der Waals surface area contributed by atoms with Gasteiger partial charge in [0.1, 0.15) is 11.9 Å². The Hall–Kier alpha value is -1.95. The average Bonchev–Trinajstić information content (AvgIpc) is 3.24. The van der Waals surface area contributed by atoms with Crippen molar-refractivity contribution in [3.63, 3.8) is 0 Å². The van der Waals surface area contributed by atoms with Gasteiger partial charge in [0.15, 0.2) is 0 Å². The molecular formula is C24H34FN5O3S2. The molecule has 0 bridgehead atoms. The van der Waals surface area contributed by atoms with E-state index in [4.69, 9.17) is 17.0 Å². The Labute approximate surface area is 215 Å². The van der Waals surface area contributed by atoms with Crippen LogP contribution in [0.15, 0.2) is 18.2 Å². The first-order chi connectivity index (χ1) is 16.9. The summed E-state index contributed by atoms with van der Waals surface area (Å²) in [7, 11) is 0. The number of amides is 2. The van der Waals surface area contributed by atoms with Crippen molar-refractivity contribution in [2.45, 2.75) is 38.3 Å². The first kappa shape index (κ1) is 26.1. The van der Waals surface area contributed by atoms with Crippen LogP contribution in [0.25, 0.3) is 0 Å². The summed E-state index contributed by atoms with van der Waals surface area (Å²) >= 11 is 7.48. The number of hydrogen-bond acceptors (Lipinski definition) is 8. The van der Waals surface area contributed by atoms with Crippen LogP contribution >= 0.6 is 24.0 Å². The van der Waals surface area contributed by atoms with Crippen molar-refractivity contribution < 1.29 is 18.7 Å². The number of anilines is 2. The second-order valence-electron chi connectivity index (χ2n) is 9.17. The van der Waals surface area contributed by atoms with E-state index < -0.39 is 18.0 Å². The number of thiocarbonyl (C=S) groups is 1. The molecular weight excluding hydrogens is 489 g/mol. The zero-order valence-corrected chi connectivity index (χ0v) is 21.8. The molecule has 3 fully saturated rings. The molecule has 0 spiro atoms. The Morgan fingerprint density at radius 3 is 2.83 bits per heavy atom. The summed E-state index contributed by atoms with van der Waals surface area (Å²) in [6, 6.07) is 4.76. The lowest BCUT2D eigenvalue weighted by Gasteiger charge is -2.38. The molecule has 0 aliphatic carbocycles. The van der Waals surface area contributed by atoms with Crippen molar-refractivity contribution in [1.82, 2.24) is 15.5 Å². The topological polar surface area (TPSA) is 77.2 Å². The first-order valence-corrected chi connectivity index (χ1v) is 13.7. The van der Waals surface area contributed by atoms with Gasteiger partial charge in [0.05, 0.1) is 34.7 Å². The number of likely N-dealkylation sites (tertiary alicyclic amines) is 1. The maximum Gasteiger partial charge on any atom is 0.414 e. The van der Waals surface area contributed by atoms with Crippen LogP contribution in [0.2, 0.25) is 0 Å². The van der Waals surface area contributed by atoms with Crippen molar-refractivity contribution in [3.05, 3.63) is 24.0 Å². The summed E-state index contributed by atoms with van der Waals surface area (Å²) in [6.07, 6.45) is 2.86. The zero-order chi connectivity index (χ0) is 24.8. The van der Waals surface area contributed by atoms with Gasteiger partial charge in [0, 0.05) is 38.9 Å². The highest BCUT2D eigenvalue weighted by atomic mass is 32.2. The van der Waals surface area contributed by atoms with Crippen LogP contribution in [-0.4, -0.2) is 91.4 Å². The third-order valence-electron chi connectivity index (χ3n) is 6.62. The number of piperidine rings is 1. The summed E-state index contributed by atoms with van der Waals surface area (Å²) in [5.74, 6) is 0.359. The van der Waals surface area contributed by atoms with Gasteiger partial charge in [-0.25, -0.2) is 9.18 Å². The average molecular weight is 524 g/mol. The smallest absolute Gasteiger partial charge is 0.414 e. The second-order valence-corrected chi connectivity index (χ2v) is 11.0. The van der Waals surface area contributed by atoms with E-state index >= 15 is 4.39 Å². The van der Waals surface area contributed by atoms with Gasteiger partial charge in [-0.15, -0.1) is 11.8 Å². The fourth-order valence-electron chi connectivity index (χ4n) is 4.75. The van der Waals surface area contributed by atoms with Gasteiger partial charge in [-0.05, 0) is 44.1 Å². The molecule has 1 aromatic rings. The number of carbonyl (C=O) groups is 2. The van der Waals surface area contributed by atoms with Crippen LogP contribution in [0, 0.1) is 5.82 Å². The highest BCUT2D eigenvalue weighted by Gasteiger charge is 2.34. The summed E-state index contributed by atoms with van der Waals surface area (Å²) in [5, 5.41) is 6.03. The quantitative estimate of drug-likeness (QED) is 0.504. The highest BCUT2D eigenvalue weighted by Crippen LogP contribution is 2.30. The molecule has 2 amide bonds. The molecule has 1 unspecified atom stereocenters. The Balaban J connectivity index is 1.38. The van der Waals surface area contributed by atoms with Gasteiger partial charge in [-0.1, -0.05) is 18.6 Å². The third kappa shape index (κ3) is 6.84. The van der Waals surface area contributed by atoms with Crippen LogP contribution in [0.5, 0.6) is 0 Å². The molecule has 4 rings (SSSR count). The van der Waals surface area contributed by atoms with Crippen LogP contribution in [0.3, 0.4) is 0 Å². The van der Waals surface area contributed by atoms with Crippen molar-refractivity contribution in [2.24, 2.45) is 0 Å². The SMILES string of the molecule is CC(=O)NC[C@H]1CN(c2ccc(N3CCNCC3C(=S)SCCN3CCCCC3)c(F)c2)C(=O)O1. The van der Waals surface area contributed by atoms with Crippen LogP contribution in [0.4, 0.5) is 20.6 Å². The maximum atomic E-state index is 15.3. The maximum absolute atomic E-state index is 15.3. The Kier molecular flexibility index (Phi) is 9.21. The summed E-state index contributed by atoms with van der Waals surface area (Å²) in [4.78, 5) is 29.4. The number of thioether (sulfide) groups is 1. The molecule has 35 heavy (non-hydrogen) atoms. The summed E-state index contributed by atoms with van der Waals surface area (Å²) in [6.45, 7) is 7.34. The van der Waals surface area contributed by atoms with Gasteiger partial charge >= 0.3 is 6.09 Å². The van der Waals surface area contributed by atoms with Gasteiger partial charge in [0.25, 0.3) is 0 Å². The third-order valence-corrected chi connectivity index (χ3v) is 8.19. The van der Waals surface area contributed by atoms with E-state index in [0.717, 1.165) is 23.0 Å². The fourth-order valence-corrected chi connectivity index (χ4v) is 6.16. The predicted molar refractivity (Wildman–Crippen MR) is 142 cm³/mol. The lowest BCUT2D eigenvalue weighted by Crippen LogP contribution is -2.54. The molecule has 1 aromatic carbocycles. The van der Waals surface area contributed by atoms with E-state index in [9.17, 15) is 9.59 Å².